The standard InChI is InChI=1S/C23H23FN2O3S/c1-14(15-7-9-16(24)10-8-15)22(29)25(2)17-11-19-18-5-3-4-6-20(18)26(12-21(27)28)23(19)30-13-17/h3-10,14,17H,11-13H2,1-2H3,(H,27,28)/t14?,17-/m0/s1. The summed E-state index contributed by atoms with van der Waals surface area (Å²) in [7, 11) is 1.81. The molecule has 0 spiro atoms. The summed E-state index contributed by atoms with van der Waals surface area (Å²) < 4.78 is 15.1. The molecule has 1 aromatic heterocycles. The van der Waals surface area contributed by atoms with E-state index in [9.17, 15) is 19.1 Å². The molecule has 2 heterocycles. The molecule has 30 heavy (non-hydrogen) atoms. The van der Waals surface area contributed by atoms with Crippen molar-refractivity contribution in [3.05, 3.63) is 65.5 Å². The first-order valence-corrected chi connectivity index (χ1v) is 10.8. The molecule has 2 aromatic carbocycles. The van der Waals surface area contributed by atoms with Crippen molar-refractivity contribution < 1.29 is 19.1 Å². The van der Waals surface area contributed by atoms with Crippen molar-refractivity contribution in [3.8, 4) is 0 Å². The summed E-state index contributed by atoms with van der Waals surface area (Å²) in [4.78, 5) is 26.3. The van der Waals surface area contributed by atoms with Gasteiger partial charge in [-0.1, -0.05) is 30.3 Å². The van der Waals surface area contributed by atoms with Crippen LogP contribution in [0.15, 0.2) is 53.6 Å². The number of hydrogen-bond acceptors (Lipinski definition) is 3. The summed E-state index contributed by atoms with van der Waals surface area (Å²) in [5.74, 6) is -0.871. The second kappa shape index (κ2) is 8.14. The average molecular weight is 427 g/mol. The second-order valence-electron chi connectivity index (χ2n) is 7.67. The molecule has 2 atom stereocenters. The number of rotatable bonds is 5. The molecule has 1 N–H and O–H groups in total. The Morgan fingerprint density at radius 3 is 2.63 bits per heavy atom. The lowest BCUT2D eigenvalue weighted by molar-refractivity contribution is -0.137. The molecule has 3 aromatic rings. The fourth-order valence-electron chi connectivity index (χ4n) is 4.10. The van der Waals surface area contributed by atoms with E-state index in [4.69, 9.17) is 0 Å². The van der Waals surface area contributed by atoms with Gasteiger partial charge in [-0.25, -0.2) is 4.39 Å². The van der Waals surface area contributed by atoms with Gasteiger partial charge in [-0.2, -0.15) is 0 Å². The van der Waals surface area contributed by atoms with Crippen LogP contribution < -0.4 is 0 Å². The first-order valence-electron chi connectivity index (χ1n) is 9.83. The van der Waals surface area contributed by atoms with Crippen LogP contribution in [0, 0.1) is 5.82 Å². The number of hydrogen-bond donors (Lipinski definition) is 1. The third-order valence-electron chi connectivity index (χ3n) is 5.80. The Morgan fingerprint density at radius 1 is 1.23 bits per heavy atom. The first-order chi connectivity index (χ1) is 14.4. The molecule has 5 nitrogen and oxygen atoms in total. The number of thioether (sulfide) groups is 1. The number of nitrogens with zero attached hydrogens (tertiary/aromatic N) is 2. The zero-order valence-electron chi connectivity index (χ0n) is 16.8. The number of fused-ring (bicyclic) bond motifs is 3. The fourth-order valence-corrected chi connectivity index (χ4v) is 5.48. The van der Waals surface area contributed by atoms with Gasteiger partial charge in [0.05, 0.1) is 10.9 Å². The van der Waals surface area contributed by atoms with E-state index in [1.807, 2.05) is 42.8 Å². The molecular formula is C23H23FN2O3S. The highest BCUT2D eigenvalue weighted by Gasteiger charge is 2.32. The molecule has 1 unspecified atom stereocenters. The van der Waals surface area contributed by atoms with Crippen molar-refractivity contribution in [2.24, 2.45) is 0 Å². The van der Waals surface area contributed by atoms with E-state index in [1.165, 1.54) is 12.1 Å². The van der Waals surface area contributed by atoms with E-state index in [0.717, 1.165) is 27.1 Å². The summed E-state index contributed by atoms with van der Waals surface area (Å²) in [5.41, 5.74) is 2.80. The van der Waals surface area contributed by atoms with E-state index >= 15 is 0 Å². The Labute approximate surface area is 178 Å². The molecule has 1 amide bonds. The quantitative estimate of drug-likeness (QED) is 0.666. The predicted molar refractivity (Wildman–Crippen MR) is 115 cm³/mol. The number of carboxylic acids is 1. The van der Waals surface area contributed by atoms with Gasteiger partial charge in [-0.3, -0.25) is 9.59 Å². The van der Waals surface area contributed by atoms with Crippen molar-refractivity contribution in [1.82, 2.24) is 9.47 Å². The van der Waals surface area contributed by atoms with Gasteiger partial charge in [-0.05, 0) is 42.7 Å². The highest BCUT2D eigenvalue weighted by atomic mass is 32.2. The van der Waals surface area contributed by atoms with Crippen LogP contribution in [0.5, 0.6) is 0 Å². The predicted octanol–water partition coefficient (Wildman–Crippen LogP) is 4.14. The van der Waals surface area contributed by atoms with Gasteiger partial charge in [0.25, 0.3) is 0 Å². The molecule has 0 radical (unpaired) electrons. The van der Waals surface area contributed by atoms with E-state index in [2.05, 4.69) is 0 Å². The zero-order valence-corrected chi connectivity index (χ0v) is 17.7. The summed E-state index contributed by atoms with van der Waals surface area (Å²) >= 11 is 1.60. The lowest BCUT2D eigenvalue weighted by Gasteiger charge is -2.33. The molecule has 0 bridgehead atoms. The van der Waals surface area contributed by atoms with Crippen LogP contribution in [0.4, 0.5) is 4.39 Å². The number of aromatic nitrogens is 1. The minimum Gasteiger partial charge on any atom is -0.480 e. The van der Waals surface area contributed by atoms with E-state index < -0.39 is 5.97 Å². The lowest BCUT2D eigenvalue weighted by Crippen LogP contribution is -2.43. The number of benzene rings is 2. The van der Waals surface area contributed by atoms with Crippen molar-refractivity contribution in [2.75, 3.05) is 12.8 Å². The highest BCUT2D eigenvalue weighted by Crippen LogP contribution is 2.39. The molecule has 1 aliphatic heterocycles. The van der Waals surface area contributed by atoms with Crippen LogP contribution in [0.25, 0.3) is 10.9 Å². The van der Waals surface area contributed by atoms with Crippen LogP contribution in [-0.2, 0) is 22.6 Å². The minimum atomic E-state index is -0.873. The van der Waals surface area contributed by atoms with Crippen LogP contribution >= 0.6 is 11.8 Å². The first kappa shape index (κ1) is 20.5. The fraction of sp³-hybridized carbons (Fsp3) is 0.304. The lowest BCUT2D eigenvalue weighted by atomic mass is 9.98. The maximum Gasteiger partial charge on any atom is 0.323 e. The van der Waals surface area contributed by atoms with Crippen LogP contribution in [0.3, 0.4) is 0 Å². The van der Waals surface area contributed by atoms with E-state index in [-0.39, 0.29) is 30.2 Å². The van der Waals surface area contributed by atoms with Crippen molar-refractivity contribution in [3.63, 3.8) is 0 Å². The molecule has 4 rings (SSSR count). The number of carboxylic acid groups (broad SMARTS) is 1. The average Bonchev–Trinajstić information content (AvgIpc) is 3.05. The van der Waals surface area contributed by atoms with Gasteiger partial charge in [0.1, 0.15) is 12.4 Å². The summed E-state index contributed by atoms with van der Waals surface area (Å²) in [5, 5.41) is 11.4. The van der Waals surface area contributed by atoms with Gasteiger partial charge in [0.2, 0.25) is 5.91 Å². The smallest absolute Gasteiger partial charge is 0.323 e. The van der Waals surface area contributed by atoms with Gasteiger partial charge < -0.3 is 14.6 Å². The zero-order chi connectivity index (χ0) is 21.4. The third-order valence-corrected chi connectivity index (χ3v) is 7.10. The number of carbonyl (C=O) groups is 2. The molecule has 0 fully saturated rings. The number of aliphatic carboxylic acids is 1. The van der Waals surface area contributed by atoms with E-state index in [1.54, 1.807) is 28.8 Å². The van der Waals surface area contributed by atoms with Crippen molar-refractivity contribution >= 4 is 34.5 Å². The summed E-state index contributed by atoms with van der Waals surface area (Å²) in [6.07, 6.45) is 0.674. The second-order valence-corrected chi connectivity index (χ2v) is 8.68. The van der Waals surface area contributed by atoms with Crippen LogP contribution in [0.2, 0.25) is 0 Å². The summed E-state index contributed by atoms with van der Waals surface area (Å²) in [6.45, 7) is 1.76. The largest absolute Gasteiger partial charge is 0.480 e. The number of halogens is 1. The molecule has 156 valence electrons. The molecule has 0 aliphatic carbocycles. The number of carbonyl (C=O) groups excluding carboxylic acids is 1. The van der Waals surface area contributed by atoms with Gasteiger partial charge >= 0.3 is 5.97 Å². The Bertz CT molecular complexity index is 1110. The Hall–Kier alpha value is -2.80. The number of para-hydroxylation sites is 1. The molecule has 1 aliphatic rings. The molecular weight excluding hydrogens is 403 g/mol. The SMILES string of the molecule is CC(C(=O)N(C)[C@@H]1CSc2c(c3ccccc3n2CC(=O)O)C1)c1ccc(F)cc1. The van der Waals surface area contributed by atoms with E-state index in [0.29, 0.717) is 12.2 Å². The van der Waals surface area contributed by atoms with Gasteiger partial charge in [0, 0.05) is 29.7 Å². The molecule has 7 heteroatoms. The number of likely N-dealkylation sites (N-methyl/N-ethyl adjacent to an activating group) is 1. The van der Waals surface area contributed by atoms with Gasteiger partial charge in [-0.15, -0.1) is 11.8 Å². The Morgan fingerprint density at radius 2 is 1.93 bits per heavy atom. The van der Waals surface area contributed by atoms with Crippen LogP contribution in [0.1, 0.15) is 24.0 Å². The normalized spacial score (nSPS) is 16.8. The Balaban J connectivity index is 1.60. The van der Waals surface area contributed by atoms with Crippen molar-refractivity contribution in [2.45, 2.75) is 36.9 Å². The van der Waals surface area contributed by atoms with Gasteiger partial charge in [0.15, 0.2) is 0 Å². The maximum atomic E-state index is 13.2. The number of amides is 1. The third kappa shape index (κ3) is 3.69. The monoisotopic (exact) mass is 426 g/mol. The maximum absolute atomic E-state index is 13.2. The summed E-state index contributed by atoms with van der Waals surface area (Å²) in [6, 6.07) is 13.9. The topological polar surface area (TPSA) is 62.5 Å². The van der Waals surface area contributed by atoms with Crippen LogP contribution in [-0.4, -0.2) is 45.3 Å². The molecule has 0 saturated heterocycles. The highest BCUT2D eigenvalue weighted by molar-refractivity contribution is 7.99. The molecule has 0 saturated carbocycles. The minimum absolute atomic E-state index is 0.00184. The Kier molecular flexibility index (Phi) is 5.56. The van der Waals surface area contributed by atoms with Crippen molar-refractivity contribution in [1.29, 1.82) is 0 Å².